The molecule has 1 aliphatic rings. The molecule has 0 fully saturated rings. The lowest BCUT2D eigenvalue weighted by atomic mass is 10.1. The largest absolute Gasteiger partial charge is 0.444 e. The van der Waals surface area contributed by atoms with E-state index in [2.05, 4.69) is 16.0 Å². The highest BCUT2D eigenvalue weighted by Crippen LogP contribution is 2.32. The van der Waals surface area contributed by atoms with Crippen molar-refractivity contribution < 1.29 is 14.3 Å². The van der Waals surface area contributed by atoms with Gasteiger partial charge in [-0.15, -0.1) is 0 Å². The molecule has 0 spiro atoms. The minimum absolute atomic E-state index is 0.0262. The number of ether oxygens (including phenoxy) is 1. The average Bonchev–Trinajstić information content (AvgIpc) is 2.85. The number of hydrogen-bond acceptors (Lipinski definition) is 4. The van der Waals surface area contributed by atoms with Crippen LogP contribution in [0.3, 0.4) is 0 Å². The fraction of sp³-hybridized carbons (Fsp3) is 0.529. The number of rotatable bonds is 4. The Morgan fingerprint density at radius 1 is 1.30 bits per heavy atom. The molecule has 1 aromatic rings. The minimum atomic E-state index is -0.518. The van der Waals surface area contributed by atoms with Crippen LogP contribution < -0.4 is 16.0 Å². The molecule has 0 aliphatic heterocycles. The molecule has 0 saturated heterocycles. The Balaban J connectivity index is 1.98. The Kier molecular flexibility index (Phi) is 5.26. The van der Waals surface area contributed by atoms with E-state index in [1.807, 2.05) is 39.0 Å². The average molecular weight is 319 g/mol. The van der Waals surface area contributed by atoms with Crippen molar-refractivity contribution in [3.63, 3.8) is 0 Å². The van der Waals surface area contributed by atoms with Gasteiger partial charge in [0.05, 0.1) is 6.54 Å². The maximum absolute atomic E-state index is 11.8. The summed E-state index contributed by atoms with van der Waals surface area (Å²) in [5, 5.41) is 8.61. The second-order valence-electron chi connectivity index (χ2n) is 6.69. The molecule has 0 aromatic heterocycles. The van der Waals surface area contributed by atoms with Crippen LogP contribution in [-0.2, 0) is 16.0 Å². The van der Waals surface area contributed by atoms with E-state index in [0.717, 1.165) is 18.5 Å². The van der Waals surface area contributed by atoms with Crippen LogP contribution in [0.15, 0.2) is 18.2 Å². The third kappa shape index (κ3) is 4.96. The quantitative estimate of drug-likeness (QED) is 0.796. The molecule has 23 heavy (non-hydrogen) atoms. The maximum Gasteiger partial charge on any atom is 0.412 e. The molecule has 126 valence electrons. The molecule has 6 heteroatoms. The molecule has 2 rings (SSSR count). The van der Waals surface area contributed by atoms with E-state index >= 15 is 0 Å². The van der Waals surface area contributed by atoms with Gasteiger partial charge in [0.15, 0.2) is 0 Å². The Labute approximate surface area is 137 Å². The summed E-state index contributed by atoms with van der Waals surface area (Å²) in [6.45, 7) is 5.80. The SMILES string of the molecule is CNC(=O)CNC1CCc2cc(NC(=O)OC(C)(C)C)ccc21. The van der Waals surface area contributed by atoms with Gasteiger partial charge in [-0.25, -0.2) is 4.79 Å². The summed E-state index contributed by atoms with van der Waals surface area (Å²) in [6, 6.07) is 6.01. The van der Waals surface area contributed by atoms with Crippen LogP contribution in [0.5, 0.6) is 0 Å². The van der Waals surface area contributed by atoms with Gasteiger partial charge >= 0.3 is 6.09 Å². The van der Waals surface area contributed by atoms with Crippen LogP contribution in [0.1, 0.15) is 44.4 Å². The van der Waals surface area contributed by atoms with Crippen molar-refractivity contribution in [1.29, 1.82) is 0 Å². The topological polar surface area (TPSA) is 79.5 Å². The molecule has 0 bridgehead atoms. The molecule has 1 atom stereocenters. The van der Waals surface area contributed by atoms with Crippen molar-refractivity contribution in [2.45, 2.75) is 45.3 Å². The lowest BCUT2D eigenvalue weighted by molar-refractivity contribution is -0.119. The lowest BCUT2D eigenvalue weighted by Gasteiger charge is -2.20. The monoisotopic (exact) mass is 319 g/mol. The van der Waals surface area contributed by atoms with Gasteiger partial charge in [0.1, 0.15) is 5.60 Å². The van der Waals surface area contributed by atoms with E-state index in [1.165, 1.54) is 11.1 Å². The fourth-order valence-electron chi connectivity index (χ4n) is 2.63. The number of aryl methyl sites for hydroxylation is 1. The predicted octanol–water partition coefficient (Wildman–Crippen LogP) is 2.36. The number of benzene rings is 1. The predicted molar refractivity (Wildman–Crippen MR) is 89.4 cm³/mol. The molecule has 6 nitrogen and oxygen atoms in total. The van der Waals surface area contributed by atoms with E-state index in [9.17, 15) is 9.59 Å². The number of anilines is 1. The third-order valence-corrected chi connectivity index (χ3v) is 3.65. The first-order chi connectivity index (χ1) is 10.8. The number of nitrogens with one attached hydrogen (secondary N) is 3. The second kappa shape index (κ2) is 7.00. The molecular formula is C17H25N3O3. The zero-order valence-corrected chi connectivity index (χ0v) is 14.2. The van der Waals surface area contributed by atoms with Crippen LogP contribution in [0, 0.1) is 0 Å². The van der Waals surface area contributed by atoms with Gasteiger partial charge in [-0.3, -0.25) is 10.1 Å². The summed E-state index contributed by atoms with van der Waals surface area (Å²) in [6.07, 6.45) is 1.41. The van der Waals surface area contributed by atoms with Gasteiger partial charge in [0, 0.05) is 18.8 Å². The molecule has 1 aliphatic carbocycles. The third-order valence-electron chi connectivity index (χ3n) is 3.65. The number of carbonyl (C=O) groups excluding carboxylic acids is 2. The molecule has 1 unspecified atom stereocenters. The summed E-state index contributed by atoms with van der Waals surface area (Å²) in [7, 11) is 1.63. The maximum atomic E-state index is 11.8. The zero-order chi connectivity index (χ0) is 17.0. The van der Waals surface area contributed by atoms with Gasteiger partial charge in [-0.2, -0.15) is 0 Å². The molecule has 0 radical (unpaired) electrons. The van der Waals surface area contributed by atoms with E-state index in [-0.39, 0.29) is 11.9 Å². The van der Waals surface area contributed by atoms with E-state index in [4.69, 9.17) is 4.74 Å². The van der Waals surface area contributed by atoms with Gasteiger partial charge in [-0.1, -0.05) is 6.07 Å². The van der Waals surface area contributed by atoms with Gasteiger partial charge in [0.25, 0.3) is 0 Å². The lowest BCUT2D eigenvalue weighted by Crippen LogP contribution is -2.33. The number of carbonyl (C=O) groups is 2. The summed E-state index contributed by atoms with van der Waals surface area (Å²) in [4.78, 5) is 23.1. The molecule has 3 N–H and O–H groups in total. The molecule has 2 amide bonds. The molecule has 0 saturated carbocycles. The summed E-state index contributed by atoms with van der Waals surface area (Å²) >= 11 is 0. The highest BCUT2D eigenvalue weighted by Gasteiger charge is 2.23. The number of fused-ring (bicyclic) bond motifs is 1. The Morgan fingerprint density at radius 3 is 2.70 bits per heavy atom. The number of amides is 2. The Bertz CT molecular complexity index is 593. The first kappa shape index (κ1) is 17.3. The van der Waals surface area contributed by atoms with Crippen molar-refractivity contribution in [2.24, 2.45) is 0 Å². The normalized spacial score (nSPS) is 16.6. The van der Waals surface area contributed by atoms with Gasteiger partial charge < -0.3 is 15.4 Å². The molecule has 1 aromatic carbocycles. The smallest absolute Gasteiger partial charge is 0.412 e. The second-order valence-corrected chi connectivity index (χ2v) is 6.69. The van der Waals surface area contributed by atoms with Gasteiger partial charge in [-0.05, 0) is 56.9 Å². The number of hydrogen-bond donors (Lipinski definition) is 3. The molecule has 0 heterocycles. The van der Waals surface area contributed by atoms with E-state index in [0.29, 0.717) is 6.54 Å². The standard InChI is InChI=1S/C17H25N3O3/c1-17(2,3)23-16(22)20-12-6-7-13-11(9-12)5-8-14(13)19-10-15(21)18-4/h6-7,9,14,19H,5,8,10H2,1-4H3,(H,18,21)(H,20,22). The van der Waals surface area contributed by atoms with Gasteiger partial charge in [0.2, 0.25) is 5.91 Å². The van der Waals surface area contributed by atoms with E-state index in [1.54, 1.807) is 7.05 Å². The summed E-state index contributed by atoms with van der Waals surface area (Å²) < 4.78 is 5.25. The van der Waals surface area contributed by atoms with E-state index < -0.39 is 11.7 Å². The first-order valence-electron chi connectivity index (χ1n) is 7.85. The molecular weight excluding hydrogens is 294 g/mol. The van der Waals surface area contributed by atoms with Crippen molar-refractivity contribution in [1.82, 2.24) is 10.6 Å². The van der Waals surface area contributed by atoms with Crippen LogP contribution in [0.4, 0.5) is 10.5 Å². The van der Waals surface area contributed by atoms with Crippen molar-refractivity contribution in [2.75, 3.05) is 18.9 Å². The Morgan fingerprint density at radius 2 is 2.04 bits per heavy atom. The highest BCUT2D eigenvalue weighted by molar-refractivity contribution is 5.85. The first-order valence-corrected chi connectivity index (χ1v) is 7.85. The highest BCUT2D eigenvalue weighted by atomic mass is 16.6. The van der Waals surface area contributed by atoms with Crippen LogP contribution >= 0.6 is 0 Å². The number of likely N-dealkylation sites (N-methyl/N-ethyl adjacent to an activating group) is 1. The zero-order valence-electron chi connectivity index (χ0n) is 14.2. The van der Waals surface area contributed by atoms with Crippen molar-refractivity contribution in [3.05, 3.63) is 29.3 Å². The van der Waals surface area contributed by atoms with Crippen LogP contribution in [-0.4, -0.2) is 31.2 Å². The van der Waals surface area contributed by atoms with Crippen molar-refractivity contribution >= 4 is 17.7 Å². The summed E-state index contributed by atoms with van der Waals surface area (Å²) in [5.41, 5.74) is 2.58. The Hall–Kier alpha value is -2.08. The van der Waals surface area contributed by atoms with Crippen molar-refractivity contribution in [3.8, 4) is 0 Å². The minimum Gasteiger partial charge on any atom is -0.444 e. The summed E-state index contributed by atoms with van der Waals surface area (Å²) in [5.74, 6) is -0.0262. The fourth-order valence-corrected chi connectivity index (χ4v) is 2.63. The van der Waals surface area contributed by atoms with Crippen LogP contribution in [0.2, 0.25) is 0 Å². The van der Waals surface area contributed by atoms with Crippen LogP contribution in [0.25, 0.3) is 0 Å².